The van der Waals surface area contributed by atoms with Gasteiger partial charge in [-0.15, -0.1) is 0 Å². The predicted molar refractivity (Wildman–Crippen MR) is 78.3 cm³/mol. The van der Waals surface area contributed by atoms with Gasteiger partial charge >= 0.3 is 0 Å². The smallest absolute Gasteiger partial charge is 0.183 e. The van der Waals surface area contributed by atoms with Crippen molar-refractivity contribution >= 4 is 16.5 Å². The molecule has 0 bridgehead atoms. The van der Waals surface area contributed by atoms with E-state index in [2.05, 4.69) is 4.98 Å². The van der Waals surface area contributed by atoms with Gasteiger partial charge in [-0.3, -0.25) is 9.19 Å². The van der Waals surface area contributed by atoms with Gasteiger partial charge in [0.2, 0.25) is 0 Å². The lowest BCUT2D eigenvalue weighted by atomic mass is 10.3. The average molecular weight is 310 g/mol. The van der Waals surface area contributed by atoms with Crippen LogP contribution in [0.25, 0.3) is 0 Å². The first-order valence-corrected chi connectivity index (χ1v) is 7.37. The Kier molecular flexibility index (Phi) is 4.74. The maximum Gasteiger partial charge on any atom is 0.183 e. The number of pyridine rings is 1. The van der Waals surface area contributed by atoms with Crippen molar-refractivity contribution in [3.63, 3.8) is 0 Å². The fourth-order valence-corrected chi connectivity index (χ4v) is 3.01. The maximum absolute atomic E-state index is 13.3. The summed E-state index contributed by atoms with van der Waals surface area (Å²) in [4.78, 5) is 4.45. The highest BCUT2D eigenvalue weighted by molar-refractivity contribution is 7.84. The SMILES string of the molecule is COc1ccnc(CS(=O)c2cc(N)cc(F)c2)c1OC. The number of aromatic nitrogens is 1. The minimum atomic E-state index is -1.50. The molecule has 0 aliphatic carbocycles. The molecule has 0 spiro atoms. The van der Waals surface area contributed by atoms with Gasteiger partial charge in [0, 0.05) is 22.8 Å². The molecule has 1 atom stereocenters. The first-order chi connectivity index (χ1) is 10.0. The van der Waals surface area contributed by atoms with Crippen LogP contribution in [-0.2, 0) is 16.6 Å². The molecule has 5 nitrogen and oxygen atoms in total. The van der Waals surface area contributed by atoms with E-state index in [1.165, 1.54) is 38.6 Å². The highest BCUT2D eigenvalue weighted by Gasteiger charge is 2.15. The van der Waals surface area contributed by atoms with Gasteiger partial charge in [0.1, 0.15) is 5.82 Å². The quantitative estimate of drug-likeness (QED) is 0.856. The van der Waals surface area contributed by atoms with Crippen LogP contribution in [0, 0.1) is 5.82 Å². The molecule has 2 rings (SSSR count). The molecule has 2 N–H and O–H groups in total. The van der Waals surface area contributed by atoms with Gasteiger partial charge in [0.25, 0.3) is 0 Å². The van der Waals surface area contributed by atoms with Crippen LogP contribution in [0.1, 0.15) is 5.69 Å². The second-order valence-corrected chi connectivity index (χ2v) is 5.65. The van der Waals surface area contributed by atoms with Crippen molar-refractivity contribution < 1.29 is 18.1 Å². The molecule has 7 heteroatoms. The van der Waals surface area contributed by atoms with Crippen LogP contribution in [0.4, 0.5) is 10.1 Å². The lowest BCUT2D eigenvalue weighted by Crippen LogP contribution is -2.04. The number of hydrogen-bond donors (Lipinski definition) is 1. The number of ether oxygens (including phenoxy) is 2. The Hall–Kier alpha value is -2.15. The number of methoxy groups -OCH3 is 2. The zero-order valence-electron chi connectivity index (χ0n) is 11.6. The molecule has 0 fully saturated rings. The number of nitrogen functional groups attached to an aromatic ring is 1. The van der Waals surface area contributed by atoms with E-state index in [0.717, 1.165) is 0 Å². The lowest BCUT2D eigenvalue weighted by molar-refractivity contribution is 0.350. The molecule has 1 unspecified atom stereocenters. The first kappa shape index (κ1) is 15.2. The Morgan fingerprint density at radius 3 is 2.67 bits per heavy atom. The molecule has 112 valence electrons. The van der Waals surface area contributed by atoms with Crippen molar-refractivity contribution in [3.05, 3.63) is 42.0 Å². The summed E-state index contributed by atoms with van der Waals surface area (Å²) in [5, 5.41) is 0. The van der Waals surface area contributed by atoms with Crippen molar-refractivity contribution in [2.24, 2.45) is 0 Å². The lowest BCUT2D eigenvalue weighted by Gasteiger charge is -2.11. The van der Waals surface area contributed by atoms with Crippen molar-refractivity contribution in [3.8, 4) is 11.5 Å². The Morgan fingerprint density at radius 2 is 2.05 bits per heavy atom. The zero-order valence-corrected chi connectivity index (χ0v) is 12.4. The average Bonchev–Trinajstić information content (AvgIpc) is 2.45. The summed E-state index contributed by atoms with van der Waals surface area (Å²) in [7, 11) is 1.49. The van der Waals surface area contributed by atoms with Gasteiger partial charge in [-0.2, -0.15) is 0 Å². The minimum Gasteiger partial charge on any atom is -0.493 e. The summed E-state index contributed by atoms with van der Waals surface area (Å²) in [6, 6.07) is 5.49. The normalized spacial score (nSPS) is 12.0. The summed E-state index contributed by atoms with van der Waals surface area (Å²) < 4.78 is 36.0. The van der Waals surface area contributed by atoms with Crippen LogP contribution in [-0.4, -0.2) is 23.4 Å². The molecule has 0 aliphatic heterocycles. The van der Waals surface area contributed by atoms with Crippen molar-refractivity contribution in [1.29, 1.82) is 0 Å². The summed E-state index contributed by atoms with van der Waals surface area (Å²) in [6.45, 7) is 0. The molecular formula is C14H15FN2O3S. The number of hydrogen-bond acceptors (Lipinski definition) is 5. The molecule has 0 aliphatic rings. The number of halogens is 1. The fraction of sp³-hybridized carbons (Fsp3) is 0.214. The molecule has 1 heterocycles. The number of nitrogens with two attached hydrogens (primary N) is 1. The third-order valence-electron chi connectivity index (χ3n) is 2.79. The van der Waals surface area contributed by atoms with Gasteiger partial charge in [-0.05, 0) is 18.2 Å². The Morgan fingerprint density at radius 1 is 1.29 bits per heavy atom. The monoisotopic (exact) mass is 310 g/mol. The van der Waals surface area contributed by atoms with Gasteiger partial charge in [-0.1, -0.05) is 0 Å². The summed E-state index contributed by atoms with van der Waals surface area (Å²) >= 11 is 0. The summed E-state index contributed by atoms with van der Waals surface area (Å²) in [5.41, 5.74) is 6.25. The zero-order chi connectivity index (χ0) is 15.4. The first-order valence-electron chi connectivity index (χ1n) is 6.05. The molecule has 2 aromatic rings. The number of nitrogens with zero attached hydrogens (tertiary/aromatic N) is 1. The van der Waals surface area contributed by atoms with Gasteiger partial charge in [0.05, 0.1) is 36.5 Å². The van der Waals surface area contributed by atoms with Gasteiger partial charge < -0.3 is 15.2 Å². The van der Waals surface area contributed by atoms with E-state index in [0.29, 0.717) is 22.1 Å². The Labute approximate surface area is 124 Å². The van der Waals surface area contributed by atoms with E-state index in [1.807, 2.05) is 0 Å². The predicted octanol–water partition coefficient (Wildman–Crippen LogP) is 2.13. The van der Waals surface area contributed by atoms with Crippen LogP contribution in [0.3, 0.4) is 0 Å². The maximum atomic E-state index is 13.3. The van der Waals surface area contributed by atoms with Crippen LogP contribution in [0.5, 0.6) is 11.5 Å². The van der Waals surface area contributed by atoms with Gasteiger partial charge in [-0.25, -0.2) is 4.39 Å². The van der Waals surface area contributed by atoms with Crippen LogP contribution in [0.2, 0.25) is 0 Å². The second-order valence-electron chi connectivity index (χ2n) is 4.20. The van der Waals surface area contributed by atoms with E-state index in [4.69, 9.17) is 15.2 Å². The van der Waals surface area contributed by atoms with Crippen molar-refractivity contribution in [1.82, 2.24) is 4.98 Å². The van der Waals surface area contributed by atoms with E-state index in [1.54, 1.807) is 6.07 Å². The van der Waals surface area contributed by atoms with Crippen molar-refractivity contribution in [2.75, 3.05) is 20.0 Å². The van der Waals surface area contributed by atoms with Crippen LogP contribution < -0.4 is 15.2 Å². The largest absolute Gasteiger partial charge is 0.493 e. The van der Waals surface area contributed by atoms with E-state index < -0.39 is 16.6 Å². The van der Waals surface area contributed by atoms with Crippen LogP contribution in [0.15, 0.2) is 35.4 Å². The molecule has 21 heavy (non-hydrogen) atoms. The van der Waals surface area contributed by atoms with Gasteiger partial charge in [0.15, 0.2) is 11.5 Å². The molecule has 0 amide bonds. The fourth-order valence-electron chi connectivity index (χ4n) is 1.88. The Bertz CT molecular complexity index is 659. The molecule has 0 saturated heterocycles. The summed E-state index contributed by atoms with van der Waals surface area (Å²) in [6.07, 6.45) is 1.54. The number of anilines is 1. The van der Waals surface area contributed by atoms with Crippen LogP contribution >= 0.6 is 0 Å². The molecule has 0 radical (unpaired) electrons. The van der Waals surface area contributed by atoms with E-state index in [9.17, 15) is 8.60 Å². The molecule has 0 saturated carbocycles. The van der Waals surface area contributed by atoms with E-state index in [-0.39, 0.29) is 11.4 Å². The van der Waals surface area contributed by atoms with Crippen molar-refractivity contribution in [2.45, 2.75) is 10.6 Å². The molecule has 1 aromatic heterocycles. The highest BCUT2D eigenvalue weighted by Crippen LogP contribution is 2.30. The van der Waals surface area contributed by atoms with E-state index >= 15 is 0 Å². The molecular weight excluding hydrogens is 295 g/mol. The summed E-state index contributed by atoms with van der Waals surface area (Å²) in [5.74, 6) is 0.461. The standard InChI is InChI=1S/C14H15FN2O3S/c1-19-13-3-4-17-12(14(13)20-2)8-21(18)11-6-9(15)5-10(16)7-11/h3-7H,8,16H2,1-2H3. The Balaban J connectivity index is 2.31. The molecule has 1 aromatic carbocycles. The second kappa shape index (κ2) is 6.53. The third kappa shape index (κ3) is 3.49. The number of rotatable bonds is 5. The highest BCUT2D eigenvalue weighted by atomic mass is 32.2. The third-order valence-corrected chi connectivity index (χ3v) is 4.09. The minimum absolute atomic E-state index is 0.0727. The number of benzene rings is 1. The topological polar surface area (TPSA) is 74.4 Å².